The number of nitrogens with zero attached hydrogens (tertiary/aromatic N) is 3. The molecule has 2 heterocycles. The van der Waals surface area contributed by atoms with Gasteiger partial charge in [0.15, 0.2) is 0 Å². The third-order valence-electron chi connectivity index (χ3n) is 4.41. The second-order valence-electron chi connectivity index (χ2n) is 6.46. The molecular weight excluding hydrogens is 382 g/mol. The number of aryl methyl sites for hydroxylation is 1. The summed E-state index contributed by atoms with van der Waals surface area (Å²) in [6, 6.07) is 20.8. The van der Waals surface area contributed by atoms with Crippen LogP contribution in [0, 0.1) is 13.8 Å². The van der Waals surface area contributed by atoms with Crippen molar-refractivity contribution >= 4 is 29.2 Å². The Morgan fingerprint density at radius 2 is 1.79 bits per heavy atom. The molecule has 2 aromatic heterocycles. The van der Waals surface area contributed by atoms with Crippen molar-refractivity contribution in [3.63, 3.8) is 0 Å². The number of aromatic nitrogens is 2. The molecule has 0 N–H and O–H groups in total. The summed E-state index contributed by atoms with van der Waals surface area (Å²) in [4.78, 5) is 17.2. The second kappa shape index (κ2) is 8.24. The molecule has 5 nitrogen and oxygen atoms in total. The van der Waals surface area contributed by atoms with Gasteiger partial charge in [0.05, 0.1) is 17.1 Å². The quantitative estimate of drug-likeness (QED) is 0.251. The molecule has 2 aromatic carbocycles. The van der Waals surface area contributed by atoms with E-state index in [1.807, 2.05) is 72.4 Å². The van der Waals surface area contributed by atoms with Crippen LogP contribution in [0.5, 0.6) is 5.75 Å². The Morgan fingerprint density at radius 1 is 1.03 bits per heavy atom. The summed E-state index contributed by atoms with van der Waals surface area (Å²) in [5.74, 6) is 0.158. The summed E-state index contributed by atoms with van der Waals surface area (Å²) in [6.45, 7) is 3.96. The Balaban J connectivity index is 1.50. The summed E-state index contributed by atoms with van der Waals surface area (Å²) in [5.41, 5.74) is 4.61. The molecule has 0 saturated carbocycles. The van der Waals surface area contributed by atoms with Crippen LogP contribution in [0.25, 0.3) is 5.69 Å². The predicted octanol–water partition coefficient (Wildman–Crippen LogP) is 5.52. The Labute approximate surface area is 172 Å². The van der Waals surface area contributed by atoms with Gasteiger partial charge in [0.2, 0.25) is 0 Å². The minimum Gasteiger partial charge on any atom is -0.422 e. The van der Waals surface area contributed by atoms with Gasteiger partial charge in [-0.15, -0.1) is 11.3 Å². The summed E-state index contributed by atoms with van der Waals surface area (Å²) >= 11 is 1.36. The first-order chi connectivity index (χ1) is 14.1. The van der Waals surface area contributed by atoms with Crippen molar-refractivity contribution in [3.8, 4) is 11.4 Å². The smallest absolute Gasteiger partial charge is 0.353 e. The van der Waals surface area contributed by atoms with E-state index in [1.165, 1.54) is 11.3 Å². The van der Waals surface area contributed by atoms with Crippen LogP contribution in [0.1, 0.15) is 26.6 Å². The SMILES string of the molecule is Cc1nn(-c2ccccc2)c(C)c1N=Cc1ccc(OC(=O)c2cccs2)cc1. The van der Waals surface area contributed by atoms with E-state index in [1.54, 1.807) is 24.4 Å². The van der Waals surface area contributed by atoms with Crippen LogP contribution >= 0.6 is 11.3 Å². The molecule has 0 aliphatic heterocycles. The summed E-state index contributed by atoms with van der Waals surface area (Å²) in [5, 5.41) is 6.46. The molecule has 0 aliphatic rings. The van der Waals surface area contributed by atoms with Crippen LogP contribution in [-0.4, -0.2) is 22.0 Å². The molecule has 0 amide bonds. The van der Waals surface area contributed by atoms with Crippen molar-refractivity contribution in [3.05, 3.63) is 93.9 Å². The number of carbonyl (C=O) groups excluding carboxylic acids is 1. The number of hydrogen-bond acceptors (Lipinski definition) is 5. The first kappa shape index (κ1) is 18.8. The van der Waals surface area contributed by atoms with Gasteiger partial charge in [0.1, 0.15) is 16.3 Å². The monoisotopic (exact) mass is 401 g/mol. The van der Waals surface area contributed by atoms with Gasteiger partial charge in [0.25, 0.3) is 0 Å². The maximum atomic E-state index is 12.0. The van der Waals surface area contributed by atoms with E-state index >= 15 is 0 Å². The molecule has 0 aliphatic carbocycles. The zero-order chi connectivity index (χ0) is 20.2. The van der Waals surface area contributed by atoms with E-state index in [0.29, 0.717) is 10.6 Å². The average molecular weight is 401 g/mol. The molecule has 0 fully saturated rings. The highest BCUT2D eigenvalue weighted by atomic mass is 32.1. The highest BCUT2D eigenvalue weighted by Crippen LogP contribution is 2.25. The fourth-order valence-corrected chi connectivity index (χ4v) is 3.55. The summed E-state index contributed by atoms with van der Waals surface area (Å²) in [7, 11) is 0. The fourth-order valence-electron chi connectivity index (χ4n) is 2.95. The Bertz CT molecular complexity index is 1150. The highest BCUT2D eigenvalue weighted by Gasteiger charge is 2.12. The number of carbonyl (C=O) groups is 1. The summed E-state index contributed by atoms with van der Waals surface area (Å²) < 4.78 is 7.28. The lowest BCUT2D eigenvalue weighted by Crippen LogP contribution is -2.06. The van der Waals surface area contributed by atoms with Crippen molar-refractivity contribution in [1.29, 1.82) is 0 Å². The number of aliphatic imine (C=N–C) groups is 1. The lowest BCUT2D eigenvalue weighted by molar-refractivity contribution is 0.0740. The summed E-state index contributed by atoms with van der Waals surface area (Å²) in [6.07, 6.45) is 1.79. The number of rotatable bonds is 5. The van der Waals surface area contributed by atoms with Gasteiger partial charge < -0.3 is 4.74 Å². The fraction of sp³-hybridized carbons (Fsp3) is 0.0870. The molecule has 4 aromatic rings. The first-order valence-corrected chi connectivity index (χ1v) is 10.0. The molecule has 29 heavy (non-hydrogen) atoms. The topological polar surface area (TPSA) is 56.5 Å². The first-order valence-electron chi connectivity index (χ1n) is 9.13. The van der Waals surface area contributed by atoms with Crippen LogP contribution in [0.3, 0.4) is 0 Å². The molecule has 4 rings (SSSR count). The van der Waals surface area contributed by atoms with Gasteiger partial charge in [-0.05, 0) is 67.3 Å². The largest absolute Gasteiger partial charge is 0.422 e. The van der Waals surface area contributed by atoms with E-state index in [-0.39, 0.29) is 5.97 Å². The third-order valence-corrected chi connectivity index (χ3v) is 5.26. The maximum Gasteiger partial charge on any atom is 0.353 e. The number of benzene rings is 2. The standard InChI is InChI=1S/C23H19N3O2S/c1-16-22(17(2)26(25-16)19-7-4-3-5-8-19)24-15-18-10-12-20(13-11-18)28-23(27)21-9-6-14-29-21/h3-15H,1-2H3. The third kappa shape index (κ3) is 4.17. The molecule has 144 valence electrons. The van der Waals surface area contributed by atoms with E-state index < -0.39 is 0 Å². The molecular formula is C23H19N3O2S. The Hall–Kier alpha value is -3.51. The van der Waals surface area contributed by atoms with Crippen molar-refractivity contribution < 1.29 is 9.53 Å². The second-order valence-corrected chi connectivity index (χ2v) is 7.41. The van der Waals surface area contributed by atoms with Crippen molar-refractivity contribution in [2.45, 2.75) is 13.8 Å². The Kier molecular flexibility index (Phi) is 5.35. The zero-order valence-corrected chi connectivity index (χ0v) is 16.9. The van der Waals surface area contributed by atoms with Crippen molar-refractivity contribution in [2.24, 2.45) is 4.99 Å². The van der Waals surface area contributed by atoms with E-state index in [9.17, 15) is 4.79 Å². The van der Waals surface area contributed by atoms with Crippen LogP contribution < -0.4 is 4.74 Å². The van der Waals surface area contributed by atoms with Gasteiger partial charge in [0, 0.05) is 6.21 Å². The maximum absolute atomic E-state index is 12.0. The van der Waals surface area contributed by atoms with Crippen LogP contribution in [0.15, 0.2) is 77.1 Å². The lowest BCUT2D eigenvalue weighted by Gasteiger charge is -2.03. The molecule has 0 atom stereocenters. The van der Waals surface area contributed by atoms with Gasteiger partial charge in [-0.3, -0.25) is 4.99 Å². The number of hydrogen-bond donors (Lipinski definition) is 0. The van der Waals surface area contributed by atoms with Crippen LogP contribution in [0.2, 0.25) is 0 Å². The molecule has 0 unspecified atom stereocenters. The normalized spacial score (nSPS) is 11.1. The number of para-hydroxylation sites is 1. The highest BCUT2D eigenvalue weighted by molar-refractivity contribution is 7.12. The van der Waals surface area contributed by atoms with Gasteiger partial charge in [-0.25, -0.2) is 9.48 Å². The van der Waals surface area contributed by atoms with Crippen LogP contribution in [-0.2, 0) is 0 Å². The van der Waals surface area contributed by atoms with Crippen LogP contribution in [0.4, 0.5) is 5.69 Å². The average Bonchev–Trinajstić information content (AvgIpc) is 3.37. The predicted molar refractivity (Wildman–Crippen MR) is 116 cm³/mol. The van der Waals surface area contributed by atoms with Gasteiger partial charge in [-0.2, -0.15) is 5.10 Å². The van der Waals surface area contributed by atoms with E-state index in [0.717, 1.165) is 28.3 Å². The van der Waals surface area contributed by atoms with E-state index in [4.69, 9.17) is 4.74 Å². The number of esters is 1. The minimum atomic E-state index is -0.346. The molecule has 0 spiro atoms. The number of ether oxygens (including phenoxy) is 1. The minimum absolute atomic E-state index is 0.346. The van der Waals surface area contributed by atoms with Crippen molar-refractivity contribution in [2.75, 3.05) is 0 Å². The van der Waals surface area contributed by atoms with Gasteiger partial charge in [-0.1, -0.05) is 24.3 Å². The molecule has 0 saturated heterocycles. The van der Waals surface area contributed by atoms with Crippen molar-refractivity contribution in [1.82, 2.24) is 9.78 Å². The lowest BCUT2D eigenvalue weighted by atomic mass is 10.2. The molecule has 0 radical (unpaired) electrons. The Morgan fingerprint density at radius 3 is 2.48 bits per heavy atom. The zero-order valence-electron chi connectivity index (χ0n) is 16.1. The number of thiophene rings is 1. The van der Waals surface area contributed by atoms with E-state index in [2.05, 4.69) is 10.1 Å². The molecule has 6 heteroatoms. The molecule has 0 bridgehead atoms. The van der Waals surface area contributed by atoms with Gasteiger partial charge >= 0.3 is 5.97 Å².